The quantitative estimate of drug-likeness (QED) is 0.803. The average Bonchev–Trinajstić information content (AvgIpc) is 2.37. The van der Waals surface area contributed by atoms with E-state index in [-0.39, 0.29) is 17.9 Å². The monoisotopic (exact) mass is 276 g/mol. The van der Waals surface area contributed by atoms with Crippen LogP contribution in [0.5, 0.6) is 0 Å². The van der Waals surface area contributed by atoms with Gasteiger partial charge in [-0.3, -0.25) is 4.79 Å². The van der Waals surface area contributed by atoms with E-state index in [1.807, 2.05) is 6.92 Å². The summed E-state index contributed by atoms with van der Waals surface area (Å²) in [5.74, 6) is 0.945. The lowest BCUT2D eigenvalue weighted by Crippen LogP contribution is -2.30. The Balaban J connectivity index is 2.50. The van der Waals surface area contributed by atoms with Crippen LogP contribution >= 0.6 is 0 Å². The van der Waals surface area contributed by atoms with Gasteiger partial charge in [0.15, 0.2) is 0 Å². The zero-order chi connectivity index (χ0) is 15.1. The standard InChI is InChI=1S/C17H28N2O/c1-12(2)9-15(11-18)10-17(20)19-14(4)16-7-5-13(3)6-8-16/h5-8,12,14-15H,9-11,18H2,1-4H3,(H,19,20). The Morgan fingerprint density at radius 2 is 1.80 bits per heavy atom. The minimum Gasteiger partial charge on any atom is -0.350 e. The van der Waals surface area contributed by atoms with E-state index in [1.54, 1.807) is 0 Å². The maximum Gasteiger partial charge on any atom is 0.220 e. The summed E-state index contributed by atoms with van der Waals surface area (Å²) >= 11 is 0. The molecule has 0 heterocycles. The second-order valence-corrected chi connectivity index (χ2v) is 6.14. The minimum absolute atomic E-state index is 0.0422. The van der Waals surface area contributed by atoms with Crippen molar-refractivity contribution in [2.24, 2.45) is 17.6 Å². The van der Waals surface area contributed by atoms with Crippen molar-refractivity contribution in [3.05, 3.63) is 35.4 Å². The van der Waals surface area contributed by atoms with E-state index in [9.17, 15) is 4.79 Å². The van der Waals surface area contributed by atoms with Crippen molar-refractivity contribution in [1.29, 1.82) is 0 Å². The van der Waals surface area contributed by atoms with Gasteiger partial charge in [0.05, 0.1) is 6.04 Å². The van der Waals surface area contributed by atoms with Gasteiger partial charge < -0.3 is 11.1 Å². The molecule has 0 fully saturated rings. The number of nitrogens with one attached hydrogen (secondary N) is 1. The second-order valence-electron chi connectivity index (χ2n) is 6.14. The Bertz CT molecular complexity index is 412. The van der Waals surface area contributed by atoms with E-state index in [1.165, 1.54) is 5.56 Å². The maximum atomic E-state index is 12.1. The summed E-state index contributed by atoms with van der Waals surface area (Å²) in [5, 5.41) is 3.06. The lowest BCUT2D eigenvalue weighted by molar-refractivity contribution is -0.122. The van der Waals surface area contributed by atoms with Crippen LogP contribution in [0.3, 0.4) is 0 Å². The molecular weight excluding hydrogens is 248 g/mol. The first-order valence-corrected chi connectivity index (χ1v) is 7.48. The van der Waals surface area contributed by atoms with Crippen LogP contribution in [-0.4, -0.2) is 12.5 Å². The molecule has 3 heteroatoms. The fourth-order valence-corrected chi connectivity index (χ4v) is 2.43. The molecular formula is C17H28N2O. The van der Waals surface area contributed by atoms with E-state index >= 15 is 0 Å². The number of hydrogen-bond acceptors (Lipinski definition) is 2. The largest absolute Gasteiger partial charge is 0.350 e. The topological polar surface area (TPSA) is 55.1 Å². The van der Waals surface area contributed by atoms with Gasteiger partial charge in [0.25, 0.3) is 0 Å². The van der Waals surface area contributed by atoms with Gasteiger partial charge in [-0.15, -0.1) is 0 Å². The van der Waals surface area contributed by atoms with Gasteiger partial charge in [-0.2, -0.15) is 0 Å². The molecule has 0 saturated heterocycles. The minimum atomic E-state index is 0.0422. The molecule has 0 saturated carbocycles. The molecule has 1 rings (SSSR count). The van der Waals surface area contributed by atoms with Gasteiger partial charge in [-0.05, 0) is 44.2 Å². The van der Waals surface area contributed by atoms with Gasteiger partial charge in [-0.1, -0.05) is 43.7 Å². The molecule has 0 aliphatic rings. The molecule has 2 unspecified atom stereocenters. The summed E-state index contributed by atoms with van der Waals surface area (Å²) in [7, 11) is 0. The number of aryl methyl sites for hydroxylation is 1. The van der Waals surface area contributed by atoms with Crippen LogP contribution in [0.2, 0.25) is 0 Å². The lowest BCUT2D eigenvalue weighted by Gasteiger charge is -2.19. The highest BCUT2D eigenvalue weighted by molar-refractivity contribution is 5.76. The van der Waals surface area contributed by atoms with Crippen LogP contribution in [0.1, 0.15) is 50.8 Å². The van der Waals surface area contributed by atoms with Gasteiger partial charge in [0, 0.05) is 6.42 Å². The predicted octanol–water partition coefficient (Wildman–Crippen LogP) is 3.18. The Morgan fingerprint density at radius 3 is 2.30 bits per heavy atom. The normalized spacial score (nSPS) is 14.1. The molecule has 0 spiro atoms. The summed E-state index contributed by atoms with van der Waals surface area (Å²) in [5.41, 5.74) is 8.11. The fraction of sp³-hybridized carbons (Fsp3) is 0.588. The zero-order valence-electron chi connectivity index (χ0n) is 13.1. The number of carbonyl (C=O) groups is 1. The zero-order valence-corrected chi connectivity index (χ0v) is 13.1. The van der Waals surface area contributed by atoms with E-state index in [0.29, 0.717) is 18.9 Å². The molecule has 1 aromatic carbocycles. The van der Waals surface area contributed by atoms with Crippen LogP contribution in [0, 0.1) is 18.8 Å². The fourth-order valence-electron chi connectivity index (χ4n) is 2.43. The third kappa shape index (κ3) is 5.74. The van der Waals surface area contributed by atoms with Crippen molar-refractivity contribution in [2.75, 3.05) is 6.54 Å². The molecule has 20 heavy (non-hydrogen) atoms. The van der Waals surface area contributed by atoms with Crippen LogP contribution in [0.4, 0.5) is 0 Å². The van der Waals surface area contributed by atoms with Crippen molar-refractivity contribution in [3.63, 3.8) is 0 Å². The number of rotatable bonds is 7. The molecule has 3 N–H and O–H groups in total. The smallest absolute Gasteiger partial charge is 0.220 e. The van der Waals surface area contributed by atoms with Crippen molar-refractivity contribution >= 4 is 5.91 Å². The van der Waals surface area contributed by atoms with E-state index in [2.05, 4.69) is 50.4 Å². The molecule has 0 radical (unpaired) electrons. The van der Waals surface area contributed by atoms with Crippen LogP contribution in [0.25, 0.3) is 0 Å². The highest BCUT2D eigenvalue weighted by Gasteiger charge is 2.16. The van der Waals surface area contributed by atoms with Crippen LogP contribution in [-0.2, 0) is 4.79 Å². The first-order chi connectivity index (χ1) is 9.42. The van der Waals surface area contributed by atoms with Gasteiger partial charge >= 0.3 is 0 Å². The average molecular weight is 276 g/mol. The second kappa shape index (κ2) is 8.05. The Labute approximate surface area is 122 Å². The van der Waals surface area contributed by atoms with Crippen molar-refractivity contribution in [1.82, 2.24) is 5.32 Å². The Hall–Kier alpha value is -1.35. The summed E-state index contributed by atoms with van der Waals surface area (Å²) in [6, 6.07) is 8.31. The highest BCUT2D eigenvalue weighted by atomic mass is 16.1. The maximum absolute atomic E-state index is 12.1. The first-order valence-electron chi connectivity index (χ1n) is 7.48. The summed E-state index contributed by atoms with van der Waals surface area (Å²) in [4.78, 5) is 12.1. The number of amides is 1. The van der Waals surface area contributed by atoms with E-state index < -0.39 is 0 Å². The number of hydrogen-bond donors (Lipinski definition) is 2. The van der Waals surface area contributed by atoms with Crippen molar-refractivity contribution in [2.45, 2.75) is 46.6 Å². The first kappa shape index (κ1) is 16.7. The molecule has 0 aliphatic carbocycles. The molecule has 0 bridgehead atoms. The molecule has 0 aliphatic heterocycles. The van der Waals surface area contributed by atoms with Gasteiger partial charge in [-0.25, -0.2) is 0 Å². The summed E-state index contributed by atoms with van der Waals surface area (Å²) in [6.45, 7) is 8.97. The lowest BCUT2D eigenvalue weighted by atomic mass is 9.94. The molecule has 1 amide bonds. The third-order valence-electron chi connectivity index (χ3n) is 3.57. The molecule has 2 atom stereocenters. The molecule has 112 valence electrons. The van der Waals surface area contributed by atoms with E-state index in [0.717, 1.165) is 12.0 Å². The van der Waals surface area contributed by atoms with Crippen molar-refractivity contribution in [3.8, 4) is 0 Å². The van der Waals surface area contributed by atoms with Gasteiger partial charge in [0.1, 0.15) is 0 Å². The Morgan fingerprint density at radius 1 is 1.20 bits per heavy atom. The van der Waals surface area contributed by atoms with Gasteiger partial charge in [0.2, 0.25) is 5.91 Å². The molecule has 3 nitrogen and oxygen atoms in total. The van der Waals surface area contributed by atoms with Crippen molar-refractivity contribution < 1.29 is 4.79 Å². The number of benzene rings is 1. The number of carbonyl (C=O) groups excluding carboxylic acids is 1. The SMILES string of the molecule is Cc1ccc(C(C)NC(=O)CC(CN)CC(C)C)cc1. The molecule has 0 aromatic heterocycles. The van der Waals surface area contributed by atoms with E-state index in [4.69, 9.17) is 5.73 Å². The third-order valence-corrected chi connectivity index (χ3v) is 3.57. The summed E-state index contributed by atoms with van der Waals surface area (Å²) in [6.07, 6.45) is 1.52. The Kier molecular flexibility index (Phi) is 6.73. The van der Waals surface area contributed by atoms with Crippen LogP contribution in [0.15, 0.2) is 24.3 Å². The number of nitrogens with two attached hydrogens (primary N) is 1. The molecule has 1 aromatic rings. The highest BCUT2D eigenvalue weighted by Crippen LogP contribution is 2.16. The predicted molar refractivity (Wildman–Crippen MR) is 84.4 cm³/mol. The van der Waals surface area contributed by atoms with Crippen LogP contribution < -0.4 is 11.1 Å². The summed E-state index contributed by atoms with van der Waals surface area (Å²) < 4.78 is 0.